The van der Waals surface area contributed by atoms with Crippen LogP contribution in [-0.2, 0) is 9.53 Å². The van der Waals surface area contributed by atoms with Crippen molar-refractivity contribution >= 4 is 5.97 Å². The normalized spacial score (nSPS) is 12.5. The number of carbonyl (C=O) groups is 1. The Labute approximate surface area is 77.5 Å². The summed E-state index contributed by atoms with van der Waals surface area (Å²) in [6, 6.07) is 1.52. The smallest absolute Gasteiger partial charge is 0.330 e. The predicted octanol–water partition coefficient (Wildman–Crippen LogP) is 1.32. The zero-order valence-corrected chi connectivity index (χ0v) is 8.15. The van der Waals surface area contributed by atoms with Crippen LogP contribution in [0.1, 0.15) is 25.6 Å². The van der Waals surface area contributed by atoms with Gasteiger partial charge in [0.25, 0.3) is 0 Å². The van der Waals surface area contributed by atoms with Gasteiger partial charge in [0, 0.05) is 6.20 Å². The lowest BCUT2D eigenvalue weighted by Gasteiger charge is -2.10. The summed E-state index contributed by atoms with van der Waals surface area (Å²) in [6.45, 7) is 5.85. The first-order chi connectivity index (χ1) is 6.15. The number of rotatable bonds is 3. The molecule has 13 heavy (non-hydrogen) atoms. The molecule has 1 aromatic rings. The Morgan fingerprint density at radius 1 is 1.77 bits per heavy atom. The van der Waals surface area contributed by atoms with Crippen molar-refractivity contribution in [3.8, 4) is 0 Å². The molecule has 4 nitrogen and oxygen atoms in total. The molecular formula is C9H14N2O2. The fourth-order valence-electron chi connectivity index (χ4n) is 1.02. The number of hydrogen-bond donors (Lipinski definition) is 0. The molecule has 1 atom stereocenters. The molecule has 0 radical (unpaired) electrons. The average molecular weight is 182 g/mol. The van der Waals surface area contributed by atoms with Gasteiger partial charge >= 0.3 is 5.97 Å². The number of hydrogen-bond acceptors (Lipinski definition) is 3. The van der Waals surface area contributed by atoms with Gasteiger partial charge in [0.05, 0.1) is 12.3 Å². The van der Waals surface area contributed by atoms with Crippen molar-refractivity contribution in [3.63, 3.8) is 0 Å². The lowest BCUT2D eigenvalue weighted by molar-refractivity contribution is -0.146. The molecule has 0 aliphatic rings. The third-order valence-electron chi connectivity index (χ3n) is 1.77. The van der Waals surface area contributed by atoms with Crippen molar-refractivity contribution in [1.29, 1.82) is 0 Å². The second-order valence-electron chi connectivity index (χ2n) is 2.87. The van der Waals surface area contributed by atoms with Gasteiger partial charge < -0.3 is 4.74 Å². The Balaban J connectivity index is 2.67. The Kier molecular flexibility index (Phi) is 3.06. The van der Waals surface area contributed by atoms with Gasteiger partial charge in [-0.2, -0.15) is 5.10 Å². The molecule has 0 fully saturated rings. The minimum atomic E-state index is -0.339. The SMILES string of the molecule is CCOC(=O)C(C)n1ccc(C)n1. The van der Waals surface area contributed by atoms with Crippen LogP contribution < -0.4 is 0 Å². The maximum absolute atomic E-state index is 11.3. The molecule has 1 aromatic heterocycles. The lowest BCUT2D eigenvalue weighted by atomic mass is 10.3. The van der Waals surface area contributed by atoms with Crippen LogP contribution in [0.15, 0.2) is 12.3 Å². The standard InChI is InChI=1S/C9H14N2O2/c1-4-13-9(12)8(3)11-6-5-7(2)10-11/h5-6,8H,4H2,1-3H3. The highest BCUT2D eigenvalue weighted by Crippen LogP contribution is 2.06. The van der Waals surface area contributed by atoms with Crippen LogP contribution in [0, 0.1) is 6.92 Å². The van der Waals surface area contributed by atoms with E-state index >= 15 is 0 Å². The maximum Gasteiger partial charge on any atom is 0.330 e. The quantitative estimate of drug-likeness (QED) is 0.662. The summed E-state index contributed by atoms with van der Waals surface area (Å²) in [4.78, 5) is 11.3. The van der Waals surface area contributed by atoms with Crippen molar-refractivity contribution in [2.24, 2.45) is 0 Å². The fourth-order valence-corrected chi connectivity index (χ4v) is 1.02. The minimum absolute atomic E-state index is 0.245. The van der Waals surface area contributed by atoms with Crippen molar-refractivity contribution in [2.75, 3.05) is 6.61 Å². The Hall–Kier alpha value is -1.32. The van der Waals surface area contributed by atoms with Crippen LogP contribution in [0.2, 0.25) is 0 Å². The van der Waals surface area contributed by atoms with Gasteiger partial charge in [0.1, 0.15) is 6.04 Å². The third kappa shape index (κ3) is 2.31. The Bertz CT molecular complexity index is 294. The van der Waals surface area contributed by atoms with Gasteiger partial charge in [-0.3, -0.25) is 4.68 Å². The van der Waals surface area contributed by atoms with Crippen LogP contribution >= 0.6 is 0 Å². The monoisotopic (exact) mass is 182 g/mol. The summed E-state index contributed by atoms with van der Waals surface area (Å²) in [5, 5.41) is 4.13. The number of ether oxygens (including phenoxy) is 1. The van der Waals surface area contributed by atoms with Gasteiger partial charge in [0.15, 0.2) is 0 Å². The number of aromatic nitrogens is 2. The Morgan fingerprint density at radius 3 is 2.92 bits per heavy atom. The van der Waals surface area contributed by atoms with E-state index in [1.54, 1.807) is 24.7 Å². The van der Waals surface area contributed by atoms with Crippen molar-refractivity contribution in [2.45, 2.75) is 26.8 Å². The zero-order chi connectivity index (χ0) is 9.84. The summed E-state index contributed by atoms with van der Waals surface area (Å²) in [6.07, 6.45) is 1.77. The largest absolute Gasteiger partial charge is 0.464 e. The molecule has 1 rings (SSSR count). The van der Waals surface area contributed by atoms with E-state index in [-0.39, 0.29) is 12.0 Å². The van der Waals surface area contributed by atoms with Gasteiger partial charge in [0.2, 0.25) is 0 Å². The molecule has 0 amide bonds. The number of esters is 1. The molecule has 0 aliphatic carbocycles. The van der Waals surface area contributed by atoms with Crippen LogP contribution in [0.25, 0.3) is 0 Å². The summed E-state index contributed by atoms with van der Waals surface area (Å²) in [5.41, 5.74) is 0.899. The maximum atomic E-state index is 11.3. The summed E-state index contributed by atoms with van der Waals surface area (Å²) in [5.74, 6) is -0.245. The predicted molar refractivity (Wildman–Crippen MR) is 48.3 cm³/mol. The van der Waals surface area contributed by atoms with Crippen LogP contribution in [-0.4, -0.2) is 22.4 Å². The van der Waals surface area contributed by atoms with Gasteiger partial charge in [-0.25, -0.2) is 4.79 Å². The fraction of sp³-hybridized carbons (Fsp3) is 0.556. The van der Waals surface area contributed by atoms with E-state index in [2.05, 4.69) is 5.10 Å². The van der Waals surface area contributed by atoms with E-state index in [0.29, 0.717) is 6.61 Å². The number of aryl methyl sites for hydroxylation is 1. The molecular weight excluding hydrogens is 168 g/mol. The van der Waals surface area contributed by atoms with Crippen LogP contribution in [0.4, 0.5) is 0 Å². The summed E-state index contributed by atoms with van der Waals surface area (Å²) < 4.78 is 6.47. The van der Waals surface area contributed by atoms with Gasteiger partial charge in [-0.05, 0) is 26.8 Å². The second-order valence-corrected chi connectivity index (χ2v) is 2.87. The molecule has 0 bridgehead atoms. The number of carbonyl (C=O) groups excluding carboxylic acids is 1. The molecule has 72 valence electrons. The van der Waals surface area contributed by atoms with Crippen molar-refractivity contribution in [1.82, 2.24) is 9.78 Å². The van der Waals surface area contributed by atoms with Crippen LogP contribution in [0.5, 0.6) is 0 Å². The molecule has 4 heteroatoms. The molecule has 1 heterocycles. The first-order valence-electron chi connectivity index (χ1n) is 4.33. The molecule has 0 aliphatic heterocycles. The van der Waals surface area contributed by atoms with Crippen LogP contribution in [0.3, 0.4) is 0 Å². The molecule has 0 saturated carbocycles. The first kappa shape index (κ1) is 9.77. The van der Waals surface area contributed by atoms with Crippen molar-refractivity contribution in [3.05, 3.63) is 18.0 Å². The minimum Gasteiger partial charge on any atom is -0.464 e. The topological polar surface area (TPSA) is 44.1 Å². The van der Waals surface area contributed by atoms with E-state index in [9.17, 15) is 4.79 Å². The highest BCUT2D eigenvalue weighted by Gasteiger charge is 2.15. The number of nitrogens with zero attached hydrogens (tertiary/aromatic N) is 2. The highest BCUT2D eigenvalue weighted by atomic mass is 16.5. The Morgan fingerprint density at radius 2 is 2.46 bits per heavy atom. The molecule has 0 saturated heterocycles. The molecule has 0 spiro atoms. The van der Waals surface area contributed by atoms with E-state index in [1.807, 2.05) is 13.0 Å². The third-order valence-corrected chi connectivity index (χ3v) is 1.77. The molecule has 1 unspecified atom stereocenters. The average Bonchev–Trinajstić information content (AvgIpc) is 2.51. The molecule has 0 aromatic carbocycles. The van der Waals surface area contributed by atoms with Crippen molar-refractivity contribution < 1.29 is 9.53 Å². The van der Waals surface area contributed by atoms with Gasteiger partial charge in [-0.1, -0.05) is 0 Å². The van der Waals surface area contributed by atoms with E-state index in [4.69, 9.17) is 4.74 Å². The van der Waals surface area contributed by atoms with Gasteiger partial charge in [-0.15, -0.1) is 0 Å². The van der Waals surface area contributed by atoms with E-state index in [0.717, 1.165) is 5.69 Å². The van der Waals surface area contributed by atoms with E-state index in [1.165, 1.54) is 0 Å². The second kappa shape index (κ2) is 4.07. The van der Waals surface area contributed by atoms with E-state index < -0.39 is 0 Å². The zero-order valence-electron chi connectivity index (χ0n) is 8.15. The summed E-state index contributed by atoms with van der Waals surface area (Å²) in [7, 11) is 0. The summed E-state index contributed by atoms with van der Waals surface area (Å²) >= 11 is 0. The highest BCUT2D eigenvalue weighted by molar-refractivity contribution is 5.73. The molecule has 0 N–H and O–H groups in total. The lowest BCUT2D eigenvalue weighted by Crippen LogP contribution is -2.19. The first-order valence-corrected chi connectivity index (χ1v) is 4.33.